The maximum Gasteiger partial charge on any atom is 0.305 e. The summed E-state index contributed by atoms with van der Waals surface area (Å²) in [4.78, 5) is 29.3. The summed E-state index contributed by atoms with van der Waals surface area (Å²) in [5.41, 5.74) is 1.68. The lowest BCUT2D eigenvalue weighted by atomic mass is 10.1. The fraction of sp³-hybridized carbons (Fsp3) is 0.526. The molecule has 1 aromatic carbocycles. The first-order valence-corrected chi connectivity index (χ1v) is 8.96. The molecule has 0 unspecified atom stereocenters. The van der Waals surface area contributed by atoms with Crippen LogP contribution >= 0.6 is 0 Å². The summed E-state index contributed by atoms with van der Waals surface area (Å²) >= 11 is 0. The minimum atomic E-state index is -0.177. The summed E-state index contributed by atoms with van der Waals surface area (Å²) in [6.07, 6.45) is 1.08. The van der Waals surface area contributed by atoms with Crippen molar-refractivity contribution in [3.63, 3.8) is 0 Å². The first-order valence-electron chi connectivity index (χ1n) is 8.96. The van der Waals surface area contributed by atoms with Gasteiger partial charge in [-0.2, -0.15) is 0 Å². The van der Waals surface area contributed by atoms with Crippen LogP contribution in [0.2, 0.25) is 0 Å². The van der Waals surface area contributed by atoms with Crippen molar-refractivity contribution in [2.45, 2.75) is 33.2 Å². The number of amides is 1. The van der Waals surface area contributed by atoms with E-state index in [-0.39, 0.29) is 11.9 Å². The second-order valence-corrected chi connectivity index (χ2v) is 5.93. The summed E-state index contributed by atoms with van der Waals surface area (Å²) in [6, 6.07) is 7.44. The van der Waals surface area contributed by atoms with Gasteiger partial charge in [0.15, 0.2) is 5.96 Å². The number of carbonyl (C=O) groups is 2. The van der Waals surface area contributed by atoms with Crippen LogP contribution < -0.4 is 10.6 Å². The molecule has 26 heavy (non-hydrogen) atoms. The Labute approximate surface area is 155 Å². The van der Waals surface area contributed by atoms with Gasteiger partial charge in [0.2, 0.25) is 0 Å². The van der Waals surface area contributed by atoms with Gasteiger partial charge in [-0.25, -0.2) is 4.99 Å². The number of guanidine groups is 1. The molecule has 0 heterocycles. The molecule has 0 aromatic heterocycles. The molecule has 0 aliphatic rings. The number of hydrogen-bond acceptors (Lipinski definition) is 4. The van der Waals surface area contributed by atoms with Gasteiger partial charge in [0.25, 0.3) is 5.91 Å². The molecule has 0 radical (unpaired) electrons. The minimum Gasteiger partial charge on any atom is -0.466 e. The van der Waals surface area contributed by atoms with E-state index >= 15 is 0 Å². The topological polar surface area (TPSA) is 83.0 Å². The quantitative estimate of drug-likeness (QED) is 0.303. The number of carbonyl (C=O) groups excluding carboxylic acids is 2. The Bertz CT molecular complexity index is 597. The van der Waals surface area contributed by atoms with Gasteiger partial charge >= 0.3 is 5.97 Å². The molecule has 0 aliphatic carbocycles. The highest BCUT2D eigenvalue weighted by atomic mass is 16.5. The lowest BCUT2D eigenvalue weighted by Gasteiger charge is -2.12. The summed E-state index contributed by atoms with van der Waals surface area (Å²) in [5, 5.41) is 6.38. The number of benzene rings is 1. The number of rotatable bonds is 9. The van der Waals surface area contributed by atoms with Crippen molar-refractivity contribution < 1.29 is 14.3 Å². The summed E-state index contributed by atoms with van der Waals surface area (Å²) in [7, 11) is 3.47. The summed E-state index contributed by atoms with van der Waals surface area (Å²) in [5.74, 6) is 0.505. The second-order valence-electron chi connectivity index (χ2n) is 5.93. The highest BCUT2D eigenvalue weighted by molar-refractivity contribution is 5.93. The van der Waals surface area contributed by atoms with E-state index in [1.165, 1.54) is 0 Å². The van der Waals surface area contributed by atoms with Crippen LogP contribution in [0, 0.1) is 0 Å². The van der Waals surface area contributed by atoms with E-state index in [1.54, 1.807) is 25.9 Å². The summed E-state index contributed by atoms with van der Waals surface area (Å²) in [6.45, 7) is 6.10. The van der Waals surface area contributed by atoms with Crippen LogP contribution in [0.15, 0.2) is 29.3 Å². The predicted molar refractivity (Wildman–Crippen MR) is 103 cm³/mol. The zero-order valence-corrected chi connectivity index (χ0v) is 16.2. The molecule has 1 amide bonds. The van der Waals surface area contributed by atoms with Crippen LogP contribution in [0.4, 0.5) is 0 Å². The SMILES string of the molecule is CCNC(=NCc1ccc(C(=O)N(C)C)cc1)NCCCC(=O)OCC. The molecule has 0 saturated carbocycles. The van der Waals surface area contributed by atoms with E-state index in [9.17, 15) is 9.59 Å². The Balaban J connectivity index is 2.52. The van der Waals surface area contributed by atoms with E-state index < -0.39 is 0 Å². The van der Waals surface area contributed by atoms with Crippen LogP contribution in [0.3, 0.4) is 0 Å². The van der Waals surface area contributed by atoms with Crippen molar-refractivity contribution in [1.29, 1.82) is 0 Å². The molecule has 1 rings (SSSR count). The van der Waals surface area contributed by atoms with E-state index in [0.717, 1.165) is 12.1 Å². The zero-order chi connectivity index (χ0) is 19.4. The van der Waals surface area contributed by atoms with Gasteiger partial charge in [0.05, 0.1) is 13.2 Å². The molecular formula is C19H30N4O3. The standard InChI is InChI=1S/C19H30N4O3/c1-5-20-19(21-13-7-8-17(24)26-6-2)22-14-15-9-11-16(12-10-15)18(25)23(3)4/h9-12H,5-8,13-14H2,1-4H3,(H2,20,21,22). The number of aliphatic imine (C=N–C) groups is 1. The molecular weight excluding hydrogens is 332 g/mol. The van der Waals surface area contributed by atoms with Crippen LogP contribution in [-0.2, 0) is 16.1 Å². The number of nitrogens with one attached hydrogen (secondary N) is 2. The summed E-state index contributed by atoms with van der Waals surface area (Å²) < 4.78 is 4.90. The molecule has 0 aliphatic heterocycles. The van der Waals surface area contributed by atoms with Crippen molar-refractivity contribution in [3.8, 4) is 0 Å². The highest BCUT2D eigenvalue weighted by Gasteiger charge is 2.07. The fourth-order valence-corrected chi connectivity index (χ4v) is 2.20. The first kappa shape index (κ1) is 21.5. The molecule has 0 bridgehead atoms. The molecule has 144 valence electrons. The third-order valence-corrected chi connectivity index (χ3v) is 3.53. The van der Waals surface area contributed by atoms with Gasteiger partial charge in [-0.15, -0.1) is 0 Å². The Morgan fingerprint density at radius 2 is 1.81 bits per heavy atom. The number of nitrogens with zero attached hydrogens (tertiary/aromatic N) is 2. The van der Waals surface area contributed by atoms with Crippen molar-refractivity contribution in [2.75, 3.05) is 33.8 Å². The van der Waals surface area contributed by atoms with Gasteiger partial charge in [-0.1, -0.05) is 12.1 Å². The Morgan fingerprint density at radius 1 is 1.12 bits per heavy atom. The van der Waals surface area contributed by atoms with Crippen LogP contribution in [0.1, 0.15) is 42.6 Å². The highest BCUT2D eigenvalue weighted by Crippen LogP contribution is 2.07. The average molecular weight is 362 g/mol. The molecule has 1 aromatic rings. The molecule has 0 fully saturated rings. The maximum atomic E-state index is 11.9. The largest absolute Gasteiger partial charge is 0.466 e. The van der Waals surface area contributed by atoms with Gasteiger partial charge < -0.3 is 20.3 Å². The minimum absolute atomic E-state index is 0.0170. The number of hydrogen-bond donors (Lipinski definition) is 2. The van der Waals surface area contributed by atoms with Crippen LogP contribution in [0.5, 0.6) is 0 Å². The molecule has 2 N–H and O–H groups in total. The second kappa shape index (κ2) is 11.9. The number of esters is 1. The van der Waals surface area contributed by atoms with Gasteiger partial charge in [0.1, 0.15) is 0 Å². The van der Waals surface area contributed by atoms with Crippen molar-refractivity contribution in [3.05, 3.63) is 35.4 Å². The molecule has 0 saturated heterocycles. The average Bonchev–Trinajstić information content (AvgIpc) is 2.63. The van der Waals surface area contributed by atoms with Crippen molar-refractivity contribution >= 4 is 17.8 Å². The fourth-order valence-electron chi connectivity index (χ4n) is 2.20. The monoisotopic (exact) mass is 362 g/mol. The van der Waals surface area contributed by atoms with Crippen molar-refractivity contribution in [1.82, 2.24) is 15.5 Å². The molecule has 0 spiro atoms. The van der Waals surface area contributed by atoms with Crippen LogP contribution in [-0.4, -0.2) is 56.5 Å². The van der Waals surface area contributed by atoms with Crippen LogP contribution in [0.25, 0.3) is 0 Å². The zero-order valence-electron chi connectivity index (χ0n) is 16.2. The van der Waals surface area contributed by atoms with Gasteiger partial charge in [-0.05, 0) is 38.0 Å². The van der Waals surface area contributed by atoms with Gasteiger partial charge in [0, 0.05) is 39.2 Å². The van der Waals surface area contributed by atoms with E-state index in [0.29, 0.717) is 44.1 Å². The first-order chi connectivity index (χ1) is 12.5. The lowest BCUT2D eigenvalue weighted by Crippen LogP contribution is -2.37. The predicted octanol–water partition coefficient (Wildman–Crippen LogP) is 1.79. The molecule has 7 heteroatoms. The number of ether oxygens (including phenoxy) is 1. The van der Waals surface area contributed by atoms with Gasteiger partial charge in [-0.3, -0.25) is 9.59 Å². The smallest absolute Gasteiger partial charge is 0.305 e. The Morgan fingerprint density at radius 3 is 2.38 bits per heavy atom. The van der Waals surface area contributed by atoms with E-state index in [2.05, 4.69) is 15.6 Å². The Kier molecular flexibility index (Phi) is 9.82. The Hall–Kier alpha value is -2.57. The maximum absolute atomic E-state index is 11.9. The molecule has 7 nitrogen and oxygen atoms in total. The molecule has 0 atom stereocenters. The van der Waals surface area contributed by atoms with E-state index in [1.807, 2.05) is 31.2 Å². The normalized spacial score (nSPS) is 11.0. The third-order valence-electron chi connectivity index (χ3n) is 3.53. The third kappa shape index (κ3) is 8.00. The van der Waals surface area contributed by atoms with Crippen molar-refractivity contribution in [2.24, 2.45) is 4.99 Å². The lowest BCUT2D eigenvalue weighted by molar-refractivity contribution is -0.143. The van der Waals surface area contributed by atoms with E-state index in [4.69, 9.17) is 4.74 Å².